The standard InChI is InChI=1S/C20H30O5/c1-11-4-7-15-18(12(2)8-17(23)20(15,3)10-21)13(11)5-6-14-16(22)9-25-19(14)24/h6,12-13,15-18,21-23H,1,4-5,7-10H2,2-3H3/b14-6+/t12-,13-,15?,16+,17+,18?,20-/m0/s1. The van der Waals surface area contributed by atoms with Crippen molar-refractivity contribution in [2.75, 3.05) is 13.2 Å². The van der Waals surface area contributed by atoms with Gasteiger partial charge in [-0.05, 0) is 49.4 Å². The van der Waals surface area contributed by atoms with Crippen molar-refractivity contribution >= 4 is 5.97 Å². The normalized spacial score (nSPS) is 46.2. The minimum absolute atomic E-state index is 0.0205. The van der Waals surface area contributed by atoms with E-state index in [9.17, 15) is 20.1 Å². The average molecular weight is 350 g/mol. The quantitative estimate of drug-likeness (QED) is 0.411. The Morgan fingerprint density at radius 1 is 1.40 bits per heavy atom. The zero-order valence-corrected chi connectivity index (χ0v) is 15.1. The summed E-state index contributed by atoms with van der Waals surface area (Å²) >= 11 is 0. The van der Waals surface area contributed by atoms with Crippen molar-refractivity contribution < 1.29 is 24.9 Å². The molecule has 0 aromatic heterocycles. The second-order valence-electron chi connectivity index (χ2n) is 8.39. The van der Waals surface area contributed by atoms with Gasteiger partial charge in [0, 0.05) is 5.41 Å². The first kappa shape index (κ1) is 18.6. The fourth-order valence-electron chi connectivity index (χ4n) is 5.34. The molecule has 2 unspecified atom stereocenters. The van der Waals surface area contributed by atoms with E-state index in [1.165, 1.54) is 5.57 Å². The van der Waals surface area contributed by atoms with Gasteiger partial charge in [-0.1, -0.05) is 32.1 Å². The third-order valence-corrected chi connectivity index (χ3v) is 6.99. The number of carbonyl (C=O) groups is 1. The molecule has 3 rings (SSSR count). The van der Waals surface area contributed by atoms with E-state index in [-0.39, 0.29) is 25.0 Å². The van der Waals surface area contributed by atoms with Crippen molar-refractivity contribution in [1.29, 1.82) is 0 Å². The van der Waals surface area contributed by atoms with Crippen molar-refractivity contribution in [1.82, 2.24) is 0 Å². The van der Waals surface area contributed by atoms with Crippen molar-refractivity contribution in [2.45, 2.75) is 51.7 Å². The van der Waals surface area contributed by atoms with E-state index in [0.29, 0.717) is 30.3 Å². The Morgan fingerprint density at radius 3 is 2.72 bits per heavy atom. The number of fused-ring (bicyclic) bond motifs is 1. The molecule has 1 aliphatic heterocycles. The molecule has 1 saturated heterocycles. The summed E-state index contributed by atoms with van der Waals surface area (Å²) in [7, 11) is 0. The molecular weight excluding hydrogens is 320 g/mol. The molecule has 140 valence electrons. The lowest BCUT2D eigenvalue weighted by Gasteiger charge is -2.56. The van der Waals surface area contributed by atoms with Crippen LogP contribution in [0.4, 0.5) is 0 Å². The van der Waals surface area contributed by atoms with Gasteiger partial charge in [-0.25, -0.2) is 4.79 Å². The maximum absolute atomic E-state index is 11.7. The van der Waals surface area contributed by atoms with Crippen molar-refractivity contribution in [2.24, 2.45) is 29.1 Å². The molecule has 3 aliphatic rings. The molecule has 0 aromatic rings. The number of ether oxygens (including phenoxy) is 1. The molecule has 3 fully saturated rings. The highest BCUT2D eigenvalue weighted by molar-refractivity contribution is 5.91. The Bertz CT molecular complexity index is 583. The molecule has 0 spiro atoms. The monoisotopic (exact) mass is 350 g/mol. The lowest BCUT2D eigenvalue weighted by molar-refractivity contribution is -0.135. The zero-order valence-electron chi connectivity index (χ0n) is 15.1. The van der Waals surface area contributed by atoms with Crippen LogP contribution >= 0.6 is 0 Å². The highest BCUT2D eigenvalue weighted by Crippen LogP contribution is 2.56. The third-order valence-electron chi connectivity index (χ3n) is 6.99. The molecule has 5 nitrogen and oxygen atoms in total. The summed E-state index contributed by atoms with van der Waals surface area (Å²) in [5, 5.41) is 30.4. The fraction of sp³-hybridized carbons (Fsp3) is 0.750. The van der Waals surface area contributed by atoms with Gasteiger partial charge in [0.25, 0.3) is 0 Å². The molecule has 2 saturated carbocycles. The lowest BCUT2D eigenvalue weighted by atomic mass is 9.50. The van der Waals surface area contributed by atoms with Gasteiger partial charge in [0.15, 0.2) is 0 Å². The number of allylic oxidation sites excluding steroid dienone is 2. The maximum atomic E-state index is 11.7. The molecule has 2 aliphatic carbocycles. The van der Waals surface area contributed by atoms with E-state index in [1.54, 1.807) is 0 Å². The van der Waals surface area contributed by atoms with Crippen molar-refractivity contribution in [3.8, 4) is 0 Å². The Labute approximate surface area is 149 Å². The van der Waals surface area contributed by atoms with Crippen LogP contribution < -0.4 is 0 Å². The van der Waals surface area contributed by atoms with Crippen LogP contribution in [0, 0.1) is 29.1 Å². The molecule has 0 aromatic carbocycles. The summed E-state index contributed by atoms with van der Waals surface area (Å²) in [5.74, 6) is 0.623. The van der Waals surface area contributed by atoms with E-state index >= 15 is 0 Å². The van der Waals surface area contributed by atoms with Crippen molar-refractivity contribution in [3.05, 3.63) is 23.8 Å². The Hall–Kier alpha value is -1.17. The number of rotatable bonds is 3. The van der Waals surface area contributed by atoms with Gasteiger partial charge in [0.05, 0.1) is 18.3 Å². The van der Waals surface area contributed by atoms with Crippen LogP contribution in [0.2, 0.25) is 0 Å². The SMILES string of the molecule is C=C1CCC2C([C@@H](C)C[C@@H](O)[C@@]2(C)CO)[C@H]1C/C=C1/C(=O)OC[C@H]1O. The minimum atomic E-state index is -0.839. The highest BCUT2D eigenvalue weighted by Gasteiger charge is 2.53. The zero-order chi connectivity index (χ0) is 18.4. The highest BCUT2D eigenvalue weighted by atomic mass is 16.6. The molecular formula is C20H30O5. The van der Waals surface area contributed by atoms with Crippen LogP contribution in [0.5, 0.6) is 0 Å². The summed E-state index contributed by atoms with van der Waals surface area (Å²) in [5.41, 5.74) is 1.03. The van der Waals surface area contributed by atoms with Crippen LogP contribution in [0.15, 0.2) is 23.8 Å². The predicted octanol–water partition coefficient (Wildman–Crippen LogP) is 1.82. The number of aliphatic hydroxyl groups excluding tert-OH is 3. The van der Waals surface area contributed by atoms with Gasteiger partial charge >= 0.3 is 5.97 Å². The molecule has 1 heterocycles. The van der Waals surface area contributed by atoms with E-state index in [0.717, 1.165) is 12.8 Å². The first-order valence-corrected chi connectivity index (χ1v) is 9.31. The summed E-state index contributed by atoms with van der Waals surface area (Å²) in [6, 6.07) is 0. The summed E-state index contributed by atoms with van der Waals surface area (Å²) < 4.78 is 4.89. The molecule has 0 amide bonds. The van der Waals surface area contributed by atoms with E-state index in [2.05, 4.69) is 13.5 Å². The molecule has 0 radical (unpaired) electrons. The van der Waals surface area contributed by atoms with Gasteiger partial charge in [-0.15, -0.1) is 0 Å². The van der Waals surface area contributed by atoms with E-state index in [4.69, 9.17) is 4.74 Å². The van der Waals surface area contributed by atoms with Crippen LogP contribution in [0.1, 0.15) is 39.5 Å². The van der Waals surface area contributed by atoms with Crippen LogP contribution in [-0.4, -0.2) is 46.7 Å². The fourth-order valence-corrected chi connectivity index (χ4v) is 5.34. The molecule has 5 heteroatoms. The second-order valence-corrected chi connectivity index (χ2v) is 8.39. The number of hydrogen-bond donors (Lipinski definition) is 3. The van der Waals surface area contributed by atoms with E-state index < -0.39 is 23.6 Å². The lowest BCUT2D eigenvalue weighted by Crippen LogP contribution is -2.55. The first-order valence-electron chi connectivity index (χ1n) is 9.31. The van der Waals surface area contributed by atoms with Crippen LogP contribution in [0.3, 0.4) is 0 Å². The summed E-state index contributed by atoms with van der Waals surface area (Å²) in [6.45, 7) is 8.43. The van der Waals surface area contributed by atoms with Gasteiger partial charge in [-0.3, -0.25) is 0 Å². The Balaban J connectivity index is 1.86. The molecule has 25 heavy (non-hydrogen) atoms. The maximum Gasteiger partial charge on any atom is 0.336 e. The first-order chi connectivity index (χ1) is 11.8. The summed E-state index contributed by atoms with van der Waals surface area (Å²) in [6.07, 6.45) is 3.59. The van der Waals surface area contributed by atoms with Gasteiger partial charge in [-0.2, -0.15) is 0 Å². The third kappa shape index (κ3) is 3.07. The molecule has 0 bridgehead atoms. The van der Waals surface area contributed by atoms with Gasteiger partial charge in [0.2, 0.25) is 0 Å². The molecule has 7 atom stereocenters. The number of esters is 1. The smallest absolute Gasteiger partial charge is 0.336 e. The largest absolute Gasteiger partial charge is 0.459 e. The van der Waals surface area contributed by atoms with Crippen molar-refractivity contribution in [3.63, 3.8) is 0 Å². The summed E-state index contributed by atoms with van der Waals surface area (Å²) in [4.78, 5) is 11.7. The predicted molar refractivity (Wildman–Crippen MR) is 93.5 cm³/mol. The van der Waals surface area contributed by atoms with Gasteiger partial charge < -0.3 is 20.1 Å². The van der Waals surface area contributed by atoms with Gasteiger partial charge in [0.1, 0.15) is 12.7 Å². The molecule has 3 N–H and O–H groups in total. The number of carbonyl (C=O) groups excluding carboxylic acids is 1. The Kier molecular flexibility index (Phi) is 5.11. The second kappa shape index (κ2) is 6.86. The van der Waals surface area contributed by atoms with Crippen LogP contribution in [0.25, 0.3) is 0 Å². The van der Waals surface area contributed by atoms with Crippen LogP contribution in [-0.2, 0) is 9.53 Å². The minimum Gasteiger partial charge on any atom is -0.459 e. The Morgan fingerprint density at radius 2 is 2.12 bits per heavy atom. The number of hydrogen-bond acceptors (Lipinski definition) is 5. The number of aliphatic hydroxyl groups is 3. The number of cyclic esters (lactones) is 1. The average Bonchev–Trinajstić information content (AvgIpc) is 2.90. The topological polar surface area (TPSA) is 87.0 Å². The van der Waals surface area contributed by atoms with E-state index in [1.807, 2.05) is 13.0 Å².